The van der Waals surface area contributed by atoms with Crippen molar-refractivity contribution in [1.82, 2.24) is 10.1 Å². The quantitative estimate of drug-likeness (QED) is 0.305. The van der Waals surface area contributed by atoms with E-state index in [2.05, 4.69) is 26.1 Å². The number of carbonyl (C=O) groups excluding carboxylic acids is 1. The monoisotopic (exact) mass is 470 g/mol. The van der Waals surface area contributed by atoms with Gasteiger partial charge in [-0.15, -0.1) is 0 Å². The highest BCUT2D eigenvalue weighted by Gasteiger charge is 2.12. The fourth-order valence-electron chi connectivity index (χ4n) is 2.78. The Morgan fingerprint density at radius 1 is 1.10 bits per heavy atom. The van der Waals surface area contributed by atoms with Gasteiger partial charge in [0.2, 0.25) is 11.7 Å². The van der Waals surface area contributed by atoms with E-state index in [9.17, 15) is 9.59 Å². The van der Waals surface area contributed by atoms with Crippen LogP contribution in [0.3, 0.4) is 0 Å². The molecule has 0 saturated heterocycles. The predicted octanol–water partition coefficient (Wildman–Crippen LogP) is 4.18. The van der Waals surface area contributed by atoms with Crippen LogP contribution in [0.15, 0.2) is 66.7 Å². The molecule has 0 aliphatic carbocycles. The summed E-state index contributed by atoms with van der Waals surface area (Å²) in [7, 11) is 0. The molecular formula is C21H15BrN2O6. The third-order valence-corrected chi connectivity index (χ3v) is 4.67. The maximum Gasteiger partial charge on any atom is 0.338 e. The van der Waals surface area contributed by atoms with Crippen LogP contribution < -0.4 is 10.4 Å². The molecule has 0 amide bonds. The molecule has 152 valence electrons. The third-order valence-electron chi connectivity index (χ3n) is 4.18. The normalized spacial score (nSPS) is 10.9. The van der Waals surface area contributed by atoms with Crippen LogP contribution in [0.4, 0.5) is 0 Å². The van der Waals surface area contributed by atoms with Crippen molar-refractivity contribution in [3.63, 3.8) is 0 Å². The Morgan fingerprint density at radius 2 is 1.90 bits per heavy atom. The summed E-state index contributed by atoms with van der Waals surface area (Å²) in [4.78, 5) is 28.2. The number of rotatable bonds is 6. The van der Waals surface area contributed by atoms with E-state index in [1.807, 2.05) is 6.07 Å². The van der Waals surface area contributed by atoms with Gasteiger partial charge in [-0.1, -0.05) is 21.1 Å². The van der Waals surface area contributed by atoms with Crippen LogP contribution in [0, 0.1) is 6.92 Å². The molecule has 2 aromatic carbocycles. The lowest BCUT2D eigenvalue weighted by Crippen LogP contribution is -2.08. The van der Waals surface area contributed by atoms with Crippen LogP contribution in [0.1, 0.15) is 27.6 Å². The summed E-state index contributed by atoms with van der Waals surface area (Å²) in [5, 5.41) is 4.45. The average Bonchev–Trinajstić information content (AvgIpc) is 3.15. The molecular weight excluding hydrogens is 456 g/mol. The van der Waals surface area contributed by atoms with Gasteiger partial charge in [0, 0.05) is 28.4 Å². The second-order valence-electron chi connectivity index (χ2n) is 6.35. The fourth-order valence-corrected chi connectivity index (χ4v) is 3.12. The van der Waals surface area contributed by atoms with Gasteiger partial charge in [-0.2, -0.15) is 4.98 Å². The SMILES string of the molecule is Cc1nc(COc2ccc(C(=O)OCc3cc(=O)oc4cc(Br)ccc34)cc2)no1. The molecule has 8 nitrogen and oxygen atoms in total. The standard InChI is InChI=1S/C21H15BrN2O6/c1-12-23-19(24-30-12)11-27-16-5-2-13(3-6-16)21(26)28-10-14-8-20(25)29-18-9-15(22)4-7-17(14)18/h2-9H,10-11H2,1H3. The first kappa shape index (κ1) is 19.8. The van der Waals surface area contributed by atoms with Crippen LogP contribution in [0.25, 0.3) is 11.0 Å². The second kappa shape index (κ2) is 8.50. The van der Waals surface area contributed by atoms with E-state index < -0.39 is 11.6 Å². The van der Waals surface area contributed by atoms with E-state index in [-0.39, 0.29) is 13.2 Å². The van der Waals surface area contributed by atoms with E-state index in [1.165, 1.54) is 6.07 Å². The molecule has 2 heterocycles. The molecule has 0 radical (unpaired) electrons. The number of fused-ring (bicyclic) bond motifs is 1. The summed E-state index contributed by atoms with van der Waals surface area (Å²) in [6.07, 6.45) is 0. The maximum atomic E-state index is 12.4. The Bertz CT molecular complexity index is 1260. The molecule has 0 N–H and O–H groups in total. The first-order valence-corrected chi connectivity index (χ1v) is 9.69. The van der Waals surface area contributed by atoms with Crippen molar-refractivity contribution >= 4 is 32.9 Å². The highest BCUT2D eigenvalue weighted by atomic mass is 79.9. The Balaban J connectivity index is 1.41. The smallest absolute Gasteiger partial charge is 0.338 e. The van der Waals surface area contributed by atoms with Gasteiger partial charge in [0.25, 0.3) is 0 Å². The zero-order chi connectivity index (χ0) is 21.1. The molecule has 0 unspecified atom stereocenters. The third kappa shape index (κ3) is 4.57. The fraction of sp³-hybridized carbons (Fsp3) is 0.143. The summed E-state index contributed by atoms with van der Waals surface area (Å²) >= 11 is 3.34. The summed E-state index contributed by atoms with van der Waals surface area (Å²) in [5.74, 6) is 0.922. The lowest BCUT2D eigenvalue weighted by Gasteiger charge is -2.08. The van der Waals surface area contributed by atoms with Gasteiger partial charge in [-0.25, -0.2) is 9.59 Å². The number of halogens is 1. The lowest BCUT2D eigenvalue weighted by molar-refractivity contribution is 0.0474. The van der Waals surface area contributed by atoms with E-state index in [1.54, 1.807) is 43.3 Å². The van der Waals surface area contributed by atoms with Crippen molar-refractivity contribution in [2.45, 2.75) is 20.1 Å². The van der Waals surface area contributed by atoms with Crippen molar-refractivity contribution in [2.75, 3.05) is 0 Å². The Morgan fingerprint density at radius 3 is 2.63 bits per heavy atom. The van der Waals surface area contributed by atoms with Crippen molar-refractivity contribution in [3.05, 3.63) is 86.3 Å². The van der Waals surface area contributed by atoms with Crippen molar-refractivity contribution in [1.29, 1.82) is 0 Å². The first-order valence-electron chi connectivity index (χ1n) is 8.89. The molecule has 0 saturated carbocycles. The van der Waals surface area contributed by atoms with Gasteiger partial charge in [-0.05, 0) is 42.5 Å². The van der Waals surface area contributed by atoms with Crippen molar-refractivity contribution < 1.29 is 23.2 Å². The van der Waals surface area contributed by atoms with Gasteiger partial charge in [0.05, 0.1) is 5.56 Å². The molecule has 0 fully saturated rings. The number of carbonyl (C=O) groups is 1. The Labute approximate surface area is 178 Å². The molecule has 0 aliphatic heterocycles. The van der Waals surface area contributed by atoms with Gasteiger partial charge >= 0.3 is 11.6 Å². The molecule has 0 aliphatic rings. The Hall–Kier alpha value is -3.46. The van der Waals surface area contributed by atoms with Gasteiger partial charge in [-0.3, -0.25) is 0 Å². The molecule has 30 heavy (non-hydrogen) atoms. The minimum absolute atomic E-state index is 0.0575. The largest absolute Gasteiger partial charge is 0.485 e. The zero-order valence-electron chi connectivity index (χ0n) is 15.8. The summed E-state index contributed by atoms with van der Waals surface area (Å²) < 4.78 is 21.8. The lowest BCUT2D eigenvalue weighted by atomic mass is 10.1. The van der Waals surface area contributed by atoms with E-state index in [0.29, 0.717) is 39.6 Å². The zero-order valence-corrected chi connectivity index (χ0v) is 17.3. The van der Waals surface area contributed by atoms with Crippen LogP contribution in [0.2, 0.25) is 0 Å². The predicted molar refractivity (Wildman–Crippen MR) is 109 cm³/mol. The van der Waals surface area contributed by atoms with Crippen LogP contribution in [-0.4, -0.2) is 16.1 Å². The van der Waals surface area contributed by atoms with Gasteiger partial charge in [0.15, 0.2) is 6.61 Å². The van der Waals surface area contributed by atoms with Crippen LogP contribution in [0.5, 0.6) is 5.75 Å². The number of hydrogen-bond donors (Lipinski definition) is 0. The number of ether oxygens (including phenoxy) is 2. The second-order valence-corrected chi connectivity index (χ2v) is 7.27. The summed E-state index contributed by atoms with van der Waals surface area (Å²) in [5.41, 5.74) is 0.830. The number of nitrogens with zero attached hydrogens (tertiary/aromatic N) is 2. The summed E-state index contributed by atoms with van der Waals surface area (Å²) in [6, 6.07) is 13.1. The minimum Gasteiger partial charge on any atom is -0.485 e. The van der Waals surface area contributed by atoms with Crippen LogP contribution in [-0.2, 0) is 18.0 Å². The van der Waals surface area contributed by atoms with E-state index in [0.717, 1.165) is 4.47 Å². The number of aryl methyl sites for hydroxylation is 1. The van der Waals surface area contributed by atoms with Gasteiger partial charge < -0.3 is 18.4 Å². The summed E-state index contributed by atoms with van der Waals surface area (Å²) in [6.45, 7) is 1.79. The molecule has 0 bridgehead atoms. The number of hydrogen-bond acceptors (Lipinski definition) is 8. The first-order chi connectivity index (χ1) is 14.5. The average molecular weight is 471 g/mol. The van der Waals surface area contributed by atoms with Crippen molar-refractivity contribution in [3.8, 4) is 5.75 Å². The number of esters is 1. The van der Waals surface area contributed by atoms with Crippen molar-refractivity contribution in [2.24, 2.45) is 0 Å². The molecule has 9 heteroatoms. The number of benzene rings is 2. The molecule has 4 aromatic rings. The number of aromatic nitrogens is 2. The molecule has 2 aromatic heterocycles. The topological polar surface area (TPSA) is 105 Å². The maximum absolute atomic E-state index is 12.4. The minimum atomic E-state index is -0.520. The highest BCUT2D eigenvalue weighted by Crippen LogP contribution is 2.22. The van der Waals surface area contributed by atoms with Crippen LogP contribution >= 0.6 is 15.9 Å². The highest BCUT2D eigenvalue weighted by molar-refractivity contribution is 9.10. The van der Waals surface area contributed by atoms with E-state index >= 15 is 0 Å². The van der Waals surface area contributed by atoms with Gasteiger partial charge in [0.1, 0.15) is 17.9 Å². The molecule has 4 rings (SSSR count). The van der Waals surface area contributed by atoms with E-state index in [4.69, 9.17) is 18.4 Å². The molecule has 0 spiro atoms. The molecule has 0 atom stereocenters. The Kier molecular flexibility index (Phi) is 5.62.